The molecule has 0 bridgehead atoms. The van der Waals surface area contributed by atoms with E-state index < -0.39 is 6.85 Å². The van der Waals surface area contributed by atoms with Crippen LogP contribution >= 0.6 is 0 Å². The van der Waals surface area contributed by atoms with Gasteiger partial charge in [-0.25, -0.2) is 0 Å². The van der Waals surface area contributed by atoms with Crippen molar-refractivity contribution in [3.05, 3.63) is 211 Å². The fraction of sp³-hybridized carbons (Fsp3) is 0.123. The molecule has 0 unspecified atom stereocenters. The molecule has 0 spiro atoms. The second kappa shape index (κ2) is 18.0. The van der Waals surface area contributed by atoms with Crippen LogP contribution in [0.1, 0.15) is 60.3 Å². The Bertz CT molecular complexity index is 3180. The smallest absolute Gasteiger partial charge is 0.0774 e. The van der Waals surface area contributed by atoms with E-state index in [2.05, 4.69) is 165 Å². The number of aryl methyl sites for hydroxylation is 1. The topological polar surface area (TPSA) is 30.7 Å². The zero-order valence-electron chi connectivity index (χ0n) is 37.7. The van der Waals surface area contributed by atoms with Crippen molar-refractivity contribution < 1.29 is 24.2 Å². The molecule has 0 fully saturated rings. The summed E-state index contributed by atoms with van der Waals surface area (Å²) in [7, 11) is 0. The van der Waals surface area contributed by atoms with Crippen molar-refractivity contribution in [3.63, 3.8) is 0 Å². The van der Waals surface area contributed by atoms with Gasteiger partial charge >= 0.3 is 0 Å². The zero-order chi connectivity index (χ0) is 43.7. The largest absolute Gasteiger partial charge is 0.333 e. The third-order valence-electron chi connectivity index (χ3n) is 11.2. The predicted octanol–water partition coefficient (Wildman–Crippen LogP) is 15.2. The van der Waals surface area contributed by atoms with Gasteiger partial charge in [0.25, 0.3) is 0 Å². The fourth-order valence-corrected chi connectivity index (χ4v) is 8.14. The van der Waals surface area contributed by atoms with Crippen LogP contribution in [0, 0.1) is 19.0 Å². The van der Waals surface area contributed by atoms with E-state index in [0.29, 0.717) is 23.0 Å². The first-order chi connectivity index (χ1) is 30.5. The number of rotatable bonds is 7. The van der Waals surface area contributed by atoms with Crippen LogP contribution in [0.4, 0.5) is 0 Å². The van der Waals surface area contributed by atoms with Gasteiger partial charge in [0.15, 0.2) is 0 Å². The van der Waals surface area contributed by atoms with Crippen LogP contribution in [-0.4, -0.2) is 14.5 Å². The van der Waals surface area contributed by atoms with Crippen LogP contribution in [0.2, 0.25) is 0 Å². The van der Waals surface area contributed by atoms with E-state index in [4.69, 9.17) is 9.10 Å². The van der Waals surface area contributed by atoms with E-state index in [1.807, 2.05) is 54.6 Å². The molecule has 2 aromatic heterocycles. The van der Waals surface area contributed by atoms with Crippen LogP contribution in [0.3, 0.4) is 0 Å². The maximum absolute atomic E-state index is 7.74. The number of imidazole rings is 1. The normalized spacial score (nSPS) is 12.1. The van der Waals surface area contributed by atoms with Gasteiger partial charge in [-0.05, 0) is 81.1 Å². The van der Waals surface area contributed by atoms with E-state index in [1.165, 1.54) is 49.5 Å². The summed E-state index contributed by atoms with van der Waals surface area (Å²) in [5.74, 6) is 1.58. The molecular formula is C57H47IrN3-2. The number of hydrogen-bond donors (Lipinski definition) is 0. The average Bonchev–Trinajstić information content (AvgIpc) is 3.71. The monoisotopic (exact) mass is 969 g/mol. The van der Waals surface area contributed by atoms with Gasteiger partial charge in [0, 0.05) is 36.1 Å². The quantitative estimate of drug-likeness (QED) is 0.118. The minimum Gasteiger partial charge on any atom is -0.333 e. The molecule has 0 atom stereocenters. The molecule has 0 aliphatic rings. The Balaban J connectivity index is 0.000000206. The minimum absolute atomic E-state index is 0. The fourth-order valence-electron chi connectivity index (χ4n) is 8.14. The molecule has 0 N–H and O–H groups in total. The third kappa shape index (κ3) is 8.35. The minimum atomic E-state index is -2.18. The van der Waals surface area contributed by atoms with Gasteiger partial charge in [-0.1, -0.05) is 172 Å². The molecule has 2 heterocycles. The SMILES string of the molecule is CC(C)c1cc(-c2ccccc2)cc(C(C)C)c1-n1c(-c2[c-]cc3c(ccc4ccccc43)c2)nc2ccccc21.[2H]C([2H])([2H])c1c[c-]c(-c2ccccn2)cc1-c1ccccc1.[Ir]. The Kier molecular flexibility index (Phi) is 11.1. The third-order valence-corrected chi connectivity index (χ3v) is 11.2. The van der Waals surface area contributed by atoms with Crippen molar-refractivity contribution in [2.24, 2.45) is 0 Å². The molecule has 0 aliphatic carbocycles. The molecule has 0 aliphatic heterocycles. The van der Waals surface area contributed by atoms with Crippen LogP contribution in [0.15, 0.2) is 182 Å². The van der Waals surface area contributed by atoms with E-state index >= 15 is 0 Å². The summed E-state index contributed by atoms with van der Waals surface area (Å²) in [5, 5.41) is 4.91. The molecule has 8 aromatic carbocycles. The van der Waals surface area contributed by atoms with Gasteiger partial charge in [-0.3, -0.25) is 4.98 Å². The first-order valence-electron chi connectivity index (χ1n) is 22.1. The maximum Gasteiger partial charge on any atom is 0.0774 e. The summed E-state index contributed by atoms with van der Waals surface area (Å²) in [5.41, 5.74) is 12.9. The van der Waals surface area contributed by atoms with Crippen LogP contribution in [-0.2, 0) is 20.1 Å². The van der Waals surface area contributed by atoms with Crippen LogP contribution < -0.4 is 0 Å². The van der Waals surface area contributed by atoms with Crippen LogP contribution in [0.5, 0.6) is 0 Å². The van der Waals surface area contributed by atoms with Crippen molar-refractivity contribution in [2.45, 2.75) is 46.4 Å². The second-order valence-corrected chi connectivity index (χ2v) is 15.8. The molecule has 0 saturated carbocycles. The molecule has 61 heavy (non-hydrogen) atoms. The number of hydrogen-bond acceptors (Lipinski definition) is 2. The van der Waals surface area contributed by atoms with Gasteiger partial charge in [-0.15, -0.1) is 58.5 Å². The van der Waals surface area contributed by atoms with Gasteiger partial charge in [0.05, 0.1) is 16.9 Å². The van der Waals surface area contributed by atoms with Gasteiger partial charge in [0.1, 0.15) is 0 Å². The molecule has 10 rings (SSSR count). The Morgan fingerprint density at radius 3 is 1.90 bits per heavy atom. The molecule has 301 valence electrons. The number of benzene rings is 8. The van der Waals surface area contributed by atoms with Crippen molar-refractivity contribution in [1.82, 2.24) is 14.5 Å². The number of fused-ring (bicyclic) bond motifs is 4. The Labute approximate surface area is 377 Å². The molecular weight excluding hydrogens is 919 g/mol. The first kappa shape index (κ1) is 37.5. The molecule has 0 amide bonds. The van der Waals surface area contributed by atoms with E-state index in [0.717, 1.165) is 39.2 Å². The zero-order valence-corrected chi connectivity index (χ0v) is 37.0. The van der Waals surface area contributed by atoms with Crippen LogP contribution in [0.25, 0.3) is 83.2 Å². The summed E-state index contributed by atoms with van der Waals surface area (Å²) in [6, 6.07) is 66.6. The van der Waals surface area contributed by atoms with Gasteiger partial charge < -0.3 is 9.55 Å². The Hall–Kier alpha value is -6.45. The summed E-state index contributed by atoms with van der Waals surface area (Å²) in [6.45, 7) is 7.01. The second-order valence-electron chi connectivity index (χ2n) is 15.8. The number of pyridine rings is 1. The molecule has 10 aromatic rings. The summed E-state index contributed by atoms with van der Waals surface area (Å²) in [4.78, 5) is 9.55. The molecule has 1 radical (unpaired) electrons. The Morgan fingerprint density at radius 2 is 1.20 bits per heavy atom. The average molecular weight is 969 g/mol. The van der Waals surface area contributed by atoms with Gasteiger partial charge in [0.2, 0.25) is 0 Å². The van der Waals surface area contributed by atoms with Crippen molar-refractivity contribution in [2.75, 3.05) is 0 Å². The maximum atomic E-state index is 7.74. The number of para-hydroxylation sites is 2. The van der Waals surface area contributed by atoms with Crippen molar-refractivity contribution in [3.8, 4) is 50.6 Å². The molecule has 3 nitrogen and oxygen atoms in total. The first-order valence-corrected chi connectivity index (χ1v) is 20.6. The predicted molar refractivity (Wildman–Crippen MR) is 253 cm³/mol. The summed E-state index contributed by atoms with van der Waals surface area (Å²) in [6.07, 6.45) is 1.71. The summed E-state index contributed by atoms with van der Waals surface area (Å²) >= 11 is 0. The number of aromatic nitrogens is 3. The van der Waals surface area contributed by atoms with E-state index in [-0.39, 0.29) is 20.1 Å². The summed E-state index contributed by atoms with van der Waals surface area (Å²) < 4.78 is 25.6. The molecule has 0 saturated heterocycles. The van der Waals surface area contributed by atoms with E-state index in [1.54, 1.807) is 12.3 Å². The van der Waals surface area contributed by atoms with Crippen molar-refractivity contribution >= 4 is 32.6 Å². The number of nitrogens with zero attached hydrogens (tertiary/aromatic N) is 3. The van der Waals surface area contributed by atoms with Crippen molar-refractivity contribution in [1.29, 1.82) is 0 Å². The Morgan fingerprint density at radius 1 is 0.557 bits per heavy atom. The van der Waals surface area contributed by atoms with E-state index in [9.17, 15) is 0 Å². The molecule has 4 heteroatoms. The standard InChI is InChI=1S/C39H33N2.C18H14N.Ir/c1-25(2)34-23-31(27-12-6-5-7-13-27)24-35(26(3)4)38(34)41-37-17-11-10-16-36(37)40-39(41)30-20-21-33-29(22-30)19-18-28-14-8-9-15-32(28)33;1-14-10-11-16(18-9-5-6-12-19-18)13-17(14)15-7-3-2-4-8-15;/h5-19,21-26H,1-4H3;2-10,12-13H,1H3;/q2*-1;/i;1D3;. The van der Waals surface area contributed by atoms with Gasteiger partial charge in [-0.2, -0.15) is 0 Å².